The number of nitrogens with one attached hydrogen (secondary N) is 2. The fourth-order valence-electron chi connectivity index (χ4n) is 3.06. The summed E-state index contributed by atoms with van der Waals surface area (Å²) >= 11 is 0. The summed E-state index contributed by atoms with van der Waals surface area (Å²) in [5, 5.41) is 6.67. The topological polar surface area (TPSA) is 67.4 Å². The number of aliphatic imine (C=N–C) groups is 1. The zero-order valence-corrected chi connectivity index (χ0v) is 19.0. The zero-order chi connectivity index (χ0) is 21.4. The van der Waals surface area contributed by atoms with E-state index in [1.807, 2.05) is 12.1 Å². The van der Waals surface area contributed by atoms with Gasteiger partial charge in [-0.3, -0.25) is 4.90 Å². The maximum Gasteiger partial charge on any atom is 0.191 e. The summed E-state index contributed by atoms with van der Waals surface area (Å²) in [4.78, 5) is 7.08. The molecule has 1 aromatic rings. The number of morpholine rings is 1. The lowest BCUT2D eigenvalue weighted by molar-refractivity contribution is 0.0322. The van der Waals surface area contributed by atoms with E-state index in [0.717, 1.165) is 82.8 Å². The number of guanidine groups is 1. The van der Waals surface area contributed by atoms with Crippen molar-refractivity contribution in [1.29, 1.82) is 0 Å². The Morgan fingerprint density at radius 3 is 2.80 bits per heavy atom. The highest BCUT2D eigenvalue weighted by atomic mass is 16.5. The van der Waals surface area contributed by atoms with Gasteiger partial charge in [0.1, 0.15) is 12.4 Å². The highest BCUT2D eigenvalue weighted by Gasteiger charge is 2.09. The molecule has 0 atom stereocenters. The fraction of sp³-hybridized carbons (Fsp3) is 0.696. The summed E-state index contributed by atoms with van der Waals surface area (Å²) in [5.74, 6) is 2.31. The molecule has 0 bridgehead atoms. The third-order valence-corrected chi connectivity index (χ3v) is 4.65. The van der Waals surface area contributed by atoms with E-state index in [0.29, 0.717) is 19.1 Å². The van der Waals surface area contributed by atoms with Crippen LogP contribution in [0.1, 0.15) is 32.8 Å². The number of nitrogens with zero attached hydrogens (tertiary/aromatic N) is 2. The molecular weight excluding hydrogens is 380 g/mol. The first kappa shape index (κ1) is 24.4. The van der Waals surface area contributed by atoms with Crippen molar-refractivity contribution in [2.75, 3.05) is 65.8 Å². The molecule has 2 rings (SSSR count). The van der Waals surface area contributed by atoms with Gasteiger partial charge in [-0.05, 0) is 37.0 Å². The Hall–Kier alpha value is -1.83. The Morgan fingerprint density at radius 2 is 2.03 bits per heavy atom. The average Bonchev–Trinajstić information content (AvgIpc) is 2.75. The van der Waals surface area contributed by atoms with Crippen LogP contribution in [-0.4, -0.2) is 76.6 Å². The number of benzene rings is 1. The van der Waals surface area contributed by atoms with Crippen molar-refractivity contribution in [2.24, 2.45) is 10.9 Å². The van der Waals surface area contributed by atoms with E-state index in [2.05, 4.69) is 48.4 Å². The summed E-state index contributed by atoms with van der Waals surface area (Å²) in [7, 11) is 0. The van der Waals surface area contributed by atoms with Crippen molar-refractivity contribution in [3.05, 3.63) is 29.8 Å². The first-order valence-corrected chi connectivity index (χ1v) is 11.3. The maximum atomic E-state index is 5.95. The van der Waals surface area contributed by atoms with Crippen molar-refractivity contribution in [1.82, 2.24) is 15.5 Å². The number of hydrogen-bond donors (Lipinski definition) is 2. The molecule has 0 radical (unpaired) electrons. The number of ether oxygens (including phenoxy) is 3. The average molecular weight is 421 g/mol. The quantitative estimate of drug-likeness (QED) is 0.290. The van der Waals surface area contributed by atoms with Crippen molar-refractivity contribution in [2.45, 2.75) is 33.7 Å². The zero-order valence-electron chi connectivity index (χ0n) is 19.0. The third-order valence-electron chi connectivity index (χ3n) is 4.65. The summed E-state index contributed by atoms with van der Waals surface area (Å²) < 4.78 is 17.0. The Morgan fingerprint density at radius 1 is 1.20 bits per heavy atom. The molecule has 2 N–H and O–H groups in total. The molecule has 1 aliphatic heterocycles. The predicted molar refractivity (Wildman–Crippen MR) is 122 cm³/mol. The van der Waals surface area contributed by atoms with Gasteiger partial charge >= 0.3 is 0 Å². The Kier molecular flexibility index (Phi) is 12.3. The molecule has 0 saturated carbocycles. The lowest BCUT2D eigenvalue weighted by Crippen LogP contribution is -2.38. The highest BCUT2D eigenvalue weighted by Crippen LogP contribution is 2.14. The lowest BCUT2D eigenvalue weighted by atomic mass is 10.2. The lowest BCUT2D eigenvalue weighted by Gasteiger charge is -2.26. The predicted octanol–water partition coefficient (Wildman–Crippen LogP) is 2.52. The van der Waals surface area contributed by atoms with E-state index in [1.54, 1.807) is 0 Å². The molecule has 1 aromatic carbocycles. The van der Waals surface area contributed by atoms with Crippen LogP contribution in [0.3, 0.4) is 0 Å². The largest absolute Gasteiger partial charge is 0.492 e. The van der Waals surface area contributed by atoms with E-state index < -0.39 is 0 Å². The second-order valence-corrected chi connectivity index (χ2v) is 7.89. The molecule has 30 heavy (non-hydrogen) atoms. The van der Waals surface area contributed by atoms with Crippen molar-refractivity contribution in [3.63, 3.8) is 0 Å². The van der Waals surface area contributed by atoms with Crippen LogP contribution in [0, 0.1) is 5.92 Å². The third kappa shape index (κ3) is 10.8. The number of hydrogen-bond acceptors (Lipinski definition) is 5. The van der Waals surface area contributed by atoms with Crippen molar-refractivity contribution >= 4 is 5.96 Å². The smallest absolute Gasteiger partial charge is 0.191 e. The first-order chi connectivity index (χ1) is 14.7. The van der Waals surface area contributed by atoms with Crippen LogP contribution in [0.5, 0.6) is 5.75 Å². The summed E-state index contributed by atoms with van der Waals surface area (Å²) in [6.45, 7) is 15.5. The minimum Gasteiger partial charge on any atom is -0.492 e. The molecule has 0 aliphatic carbocycles. The minimum absolute atomic E-state index is 0.580. The molecule has 0 aromatic heterocycles. The van der Waals surface area contributed by atoms with Crippen LogP contribution in [0.15, 0.2) is 29.3 Å². The maximum absolute atomic E-state index is 5.95. The molecule has 7 heteroatoms. The fourth-order valence-corrected chi connectivity index (χ4v) is 3.06. The van der Waals surface area contributed by atoms with Gasteiger partial charge in [0.05, 0.1) is 19.8 Å². The molecule has 1 saturated heterocycles. The first-order valence-electron chi connectivity index (χ1n) is 11.3. The van der Waals surface area contributed by atoms with Crippen LogP contribution in [0.2, 0.25) is 0 Å². The summed E-state index contributed by atoms with van der Waals surface area (Å²) in [6, 6.07) is 8.20. The molecule has 0 unspecified atom stereocenters. The van der Waals surface area contributed by atoms with E-state index in [4.69, 9.17) is 19.2 Å². The van der Waals surface area contributed by atoms with E-state index >= 15 is 0 Å². The van der Waals surface area contributed by atoms with E-state index in [1.165, 1.54) is 0 Å². The number of rotatable bonds is 13. The van der Waals surface area contributed by atoms with Crippen LogP contribution >= 0.6 is 0 Å². The van der Waals surface area contributed by atoms with Gasteiger partial charge in [0.2, 0.25) is 0 Å². The van der Waals surface area contributed by atoms with Crippen molar-refractivity contribution < 1.29 is 14.2 Å². The standard InChI is InChI=1S/C23H40N4O3/c1-4-24-23(25-9-6-13-29-19-20(2)3)26-18-21-7-5-8-22(17-21)30-16-12-27-10-14-28-15-11-27/h5,7-8,17,20H,4,6,9-16,18-19H2,1-3H3,(H2,24,25,26). The van der Waals surface area contributed by atoms with Crippen LogP contribution < -0.4 is 15.4 Å². The van der Waals surface area contributed by atoms with E-state index in [-0.39, 0.29) is 0 Å². The summed E-state index contributed by atoms with van der Waals surface area (Å²) in [6.07, 6.45) is 0.962. The minimum atomic E-state index is 0.580. The second-order valence-electron chi connectivity index (χ2n) is 7.89. The van der Waals surface area contributed by atoms with Gasteiger partial charge in [-0.25, -0.2) is 4.99 Å². The SMILES string of the molecule is CCNC(=NCc1cccc(OCCN2CCOCC2)c1)NCCCOCC(C)C. The molecule has 1 heterocycles. The molecule has 1 fully saturated rings. The molecular formula is C23H40N4O3. The molecule has 0 spiro atoms. The molecule has 170 valence electrons. The highest BCUT2D eigenvalue weighted by molar-refractivity contribution is 5.79. The van der Waals surface area contributed by atoms with Gasteiger partial charge in [-0.1, -0.05) is 26.0 Å². The molecule has 0 amide bonds. The van der Waals surface area contributed by atoms with Gasteiger partial charge in [-0.2, -0.15) is 0 Å². The molecule has 7 nitrogen and oxygen atoms in total. The Balaban J connectivity index is 1.72. The van der Waals surface area contributed by atoms with Crippen LogP contribution in [0.25, 0.3) is 0 Å². The Bertz CT molecular complexity index is 604. The monoisotopic (exact) mass is 420 g/mol. The van der Waals surface area contributed by atoms with Gasteiger partial charge in [-0.15, -0.1) is 0 Å². The van der Waals surface area contributed by atoms with Gasteiger partial charge in [0, 0.05) is 45.9 Å². The van der Waals surface area contributed by atoms with Crippen LogP contribution in [0.4, 0.5) is 0 Å². The normalized spacial score (nSPS) is 15.4. The second kappa shape index (κ2) is 15.0. The van der Waals surface area contributed by atoms with Crippen molar-refractivity contribution in [3.8, 4) is 5.75 Å². The summed E-state index contributed by atoms with van der Waals surface area (Å²) in [5.41, 5.74) is 1.14. The van der Waals surface area contributed by atoms with E-state index in [9.17, 15) is 0 Å². The van der Waals surface area contributed by atoms with Gasteiger partial charge in [0.25, 0.3) is 0 Å². The Labute approximate surface area is 182 Å². The molecule has 1 aliphatic rings. The van der Waals surface area contributed by atoms with Gasteiger partial charge in [0.15, 0.2) is 5.96 Å². The van der Waals surface area contributed by atoms with Crippen LogP contribution in [-0.2, 0) is 16.0 Å². The van der Waals surface area contributed by atoms with Gasteiger partial charge < -0.3 is 24.8 Å².